The van der Waals surface area contributed by atoms with Crippen LogP contribution in [0.1, 0.15) is 57.4 Å². The predicted octanol–water partition coefficient (Wildman–Crippen LogP) is 5.36. The van der Waals surface area contributed by atoms with Gasteiger partial charge in [-0.1, -0.05) is 17.7 Å². The van der Waals surface area contributed by atoms with E-state index in [4.69, 9.17) is 42.6 Å². The molecule has 0 saturated carbocycles. The zero-order valence-corrected chi connectivity index (χ0v) is 27.3. The van der Waals surface area contributed by atoms with Crippen molar-refractivity contribution in [2.45, 2.75) is 46.0 Å². The van der Waals surface area contributed by atoms with Crippen LogP contribution in [0.4, 0.5) is 0 Å². The van der Waals surface area contributed by atoms with E-state index in [0.717, 1.165) is 5.56 Å². The first-order chi connectivity index (χ1) is 22.6. The molecule has 3 unspecified atom stereocenters. The summed E-state index contributed by atoms with van der Waals surface area (Å²) in [6, 6.07) is 19.9. The van der Waals surface area contributed by atoms with Crippen molar-refractivity contribution in [3.8, 4) is 11.5 Å². The molecule has 3 rings (SSSR count). The maximum Gasteiger partial charge on any atom is 0.338 e. The normalized spacial score (nSPS) is 12.8. The van der Waals surface area contributed by atoms with E-state index < -0.39 is 24.0 Å². The Morgan fingerprint density at radius 2 is 0.830 bits per heavy atom. The maximum atomic E-state index is 12.5. The fourth-order valence-electron chi connectivity index (χ4n) is 3.66. The van der Waals surface area contributed by atoms with Crippen molar-refractivity contribution in [1.82, 2.24) is 0 Å². The molecule has 47 heavy (non-hydrogen) atoms. The van der Waals surface area contributed by atoms with Gasteiger partial charge in [-0.25, -0.2) is 14.4 Å². The van der Waals surface area contributed by atoms with E-state index >= 15 is 0 Å². The van der Waals surface area contributed by atoms with Crippen LogP contribution in [-0.2, 0) is 33.2 Å². The third-order valence-corrected chi connectivity index (χ3v) is 6.44. The van der Waals surface area contributed by atoms with Crippen molar-refractivity contribution in [2.75, 3.05) is 47.3 Å². The Morgan fingerprint density at radius 1 is 0.511 bits per heavy atom. The first-order valence-corrected chi connectivity index (χ1v) is 15.0. The maximum absolute atomic E-state index is 12.5. The molecule has 0 aromatic heterocycles. The molecule has 0 radical (unpaired) electrons. The van der Waals surface area contributed by atoms with Crippen molar-refractivity contribution < 1.29 is 57.0 Å². The van der Waals surface area contributed by atoms with Gasteiger partial charge in [-0.05, 0) is 88.4 Å². The lowest BCUT2D eigenvalue weighted by molar-refractivity contribution is -0.0828. The molecule has 3 aromatic rings. The quantitative estimate of drug-likeness (QED) is 0.0882. The number of methoxy groups -OCH3 is 1. The molecular weight excluding hydrogens is 612 g/mol. The third-order valence-electron chi connectivity index (χ3n) is 6.44. The zero-order chi connectivity index (χ0) is 34.0. The number of carbonyl (C=O) groups is 3. The SMILES string of the molecule is COCOC(C)COC(=O)c1ccc(OCOC(C)COC(=O)c2ccc(OCOC(C)COC(=O)c3ccc(C)cc3)cc2)cc1. The third kappa shape index (κ3) is 13.8. The van der Waals surface area contributed by atoms with Crippen molar-refractivity contribution >= 4 is 17.9 Å². The number of hydrogen-bond acceptors (Lipinski definition) is 12. The van der Waals surface area contributed by atoms with Gasteiger partial charge in [-0.3, -0.25) is 0 Å². The van der Waals surface area contributed by atoms with E-state index in [1.807, 2.05) is 19.1 Å². The molecule has 0 saturated heterocycles. The highest BCUT2D eigenvalue weighted by atomic mass is 16.7. The lowest BCUT2D eigenvalue weighted by Crippen LogP contribution is -2.21. The molecule has 0 spiro atoms. The zero-order valence-electron chi connectivity index (χ0n) is 27.3. The van der Waals surface area contributed by atoms with Gasteiger partial charge in [0.25, 0.3) is 0 Å². The number of ether oxygens (including phenoxy) is 9. The smallest absolute Gasteiger partial charge is 0.338 e. The Morgan fingerprint density at radius 3 is 1.17 bits per heavy atom. The number of rotatable bonds is 20. The Kier molecular flexibility index (Phi) is 15.7. The van der Waals surface area contributed by atoms with Crippen LogP contribution in [0.3, 0.4) is 0 Å². The summed E-state index contributed by atoms with van der Waals surface area (Å²) in [5.41, 5.74) is 2.25. The van der Waals surface area contributed by atoms with Crippen molar-refractivity contribution in [1.29, 1.82) is 0 Å². The monoisotopic (exact) mass is 654 g/mol. The first kappa shape index (κ1) is 37.0. The Balaban J connectivity index is 1.27. The average molecular weight is 655 g/mol. The number of aryl methyl sites for hydroxylation is 1. The standard InChI is InChI=1S/C35H42O12/c1-24-6-8-28(9-7-24)33(36)41-19-26(3)44-22-46-32-16-12-30(13-17-32)35(38)42-20-27(4)45-23-47-31-14-10-29(11-15-31)34(37)40-18-25(2)43-21-39-5/h6-17,25-27H,18-23H2,1-5H3. The Labute approximate surface area is 274 Å². The van der Waals surface area contributed by atoms with Crippen LogP contribution in [0, 0.1) is 6.92 Å². The fourth-order valence-corrected chi connectivity index (χ4v) is 3.66. The molecule has 3 atom stereocenters. The van der Waals surface area contributed by atoms with Gasteiger partial charge >= 0.3 is 17.9 Å². The summed E-state index contributed by atoms with van der Waals surface area (Å²) in [6.07, 6.45) is -1.11. The molecule has 0 aliphatic carbocycles. The van der Waals surface area contributed by atoms with Gasteiger partial charge in [-0.2, -0.15) is 0 Å². The van der Waals surface area contributed by atoms with Crippen LogP contribution < -0.4 is 9.47 Å². The van der Waals surface area contributed by atoms with Crippen molar-refractivity contribution in [3.63, 3.8) is 0 Å². The summed E-state index contributed by atoms with van der Waals surface area (Å²) in [4.78, 5) is 36.8. The van der Waals surface area contributed by atoms with Crippen molar-refractivity contribution in [2.24, 2.45) is 0 Å². The van der Waals surface area contributed by atoms with Crippen LogP contribution in [-0.4, -0.2) is 83.5 Å². The van der Waals surface area contributed by atoms with Crippen molar-refractivity contribution in [3.05, 3.63) is 95.1 Å². The lowest BCUT2D eigenvalue weighted by atomic mass is 10.1. The summed E-state index contributed by atoms with van der Waals surface area (Å²) < 4.78 is 48.2. The molecule has 0 N–H and O–H groups in total. The van der Waals surface area contributed by atoms with Crippen LogP contribution in [0.5, 0.6) is 11.5 Å². The fraction of sp³-hybridized carbons (Fsp3) is 0.400. The minimum absolute atomic E-state index is 0.0119. The Hall–Kier alpha value is -4.49. The molecule has 0 heterocycles. The molecule has 12 heteroatoms. The van der Waals surface area contributed by atoms with E-state index in [9.17, 15) is 14.4 Å². The summed E-state index contributed by atoms with van der Waals surface area (Å²) in [7, 11) is 1.51. The largest absolute Gasteiger partial charge is 0.468 e. The molecule has 0 amide bonds. The minimum Gasteiger partial charge on any atom is -0.468 e. The Bertz CT molecular complexity index is 1370. The van der Waals surface area contributed by atoms with E-state index in [-0.39, 0.29) is 52.4 Å². The highest BCUT2D eigenvalue weighted by Crippen LogP contribution is 2.15. The molecule has 0 bridgehead atoms. The highest BCUT2D eigenvalue weighted by Gasteiger charge is 2.14. The molecule has 12 nitrogen and oxygen atoms in total. The van der Waals surface area contributed by atoms with Gasteiger partial charge in [0.05, 0.1) is 35.0 Å². The van der Waals surface area contributed by atoms with Crippen LogP contribution in [0.15, 0.2) is 72.8 Å². The number of hydrogen-bond donors (Lipinski definition) is 0. The summed E-state index contributed by atoms with van der Waals surface area (Å²) in [6.45, 7) is 7.39. The van der Waals surface area contributed by atoms with Gasteiger partial charge in [0, 0.05) is 7.11 Å². The molecule has 0 aliphatic heterocycles. The summed E-state index contributed by atoms with van der Waals surface area (Å²) in [5, 5.41) is 0. The highest BCUT2D eigenvalue weighted by molar-refractivity contribution is 5.90. The van der Waals surface area contributed by atoms with E-state index in [1.165, 1.54) is 7.11 Å². The minimum atomic E-state index is -0.518. The summed E-state index contributed by atoms with van der Waals surface area (Å²) >= 11 is 0. The molecule has 254 valence electrons. The van der Waals surface area contributed by atoms with Crippen LogP contribution in [0.2, 0.25) is 0 Å². The molecule has 0 fully saturated rings. The topological polar surface area (TPSA) is 134 Å². The predicted molar refractivity (Wildman–Crippen MR) is 169 cm³/mol. The average Bonchev–Trinajstić information content (AvgIpc) is 3.08. The first-order valence-electron chi connectivity index (χ1n) is 15.0. The number of carbonyl (C=O) groups excluding carboxylic acids is 3. The van der Waals surface area contributed by atoms with E-state index in [2.05, 4.69) is 0 Å². The molecule has 3 aromatic carbocycles. The number of esters is 3. The molecular formula is C35H42O12. The van der Waals surface area contributed by atoms with Gasteiger partial charge < -0.3 is 42.6 Å². The van der Waals surface area contributed by atoms with Gasteiger partial charge in [0.1, 0.15) is 38.1 Å². The molecule has 0 aliphatic rings. The number of benzene rings is 3. The van der Waals surface area contributed by atoms with E-state index in [0.29, 0.717) is 28.2 Å². The van der Waals surface area contributed by atoms with Crippen LogP contribution >= 0.6 is 0 Å². The summed E-state index contributed by atoms with van der Waals surface area (Å²) in [5.74, 6) is -0.432. The van der Waals surface area contributed by atoms with Gasteiger partial charge in [0.15, 0.2) is 13.6 Å². The van der Waals surface area contributed by atoms with Gasteiger partial charge in [0.2, 0.25) is 0 Å². The van der Waals surface area contributed by atoms with Crippen LogP contribution in [0.25, 0.3) is 0 Å². The second-order valence-corrected chi connectivity index (χ2v) is 10.6. The second-order valence-electron chi connectivity index (χ2n) is 10.6. The lowest BCUT2D eigenvalue weighted by Gasteiger charge is -2.15. The van der Waals surface area contributed by atoms with E-state index in [1.54, 1.807) is 81.4 Å². The second kappa shape index (κ2) is 19.9. The van der Waals surface area contributed by atoms with Gasteiger partial charge in [-0.15, -0.1) is 0 Å².